The molecular formula is C16H16ClNO. The average Bonchev–Trinajstić information content (AvgIpc) is 2.42. The van der Waals surface area contributed by atoms with E-state index >= 15 is 0 Å². The van der Waals surface area contributed by atoms with E-state index in [9.17, 15) is 0 Å². The molecule has 0 aromatic heterocycles. The number of aryl methyl sites for hydroxylation is 1. The molecule has 1 aliphatic rings. The number of halogens is 1. The van der Waals surface area contributed by atoms with E-state index < -0.39 is 0 Å². The van der Waals surface area contributed by atoms with Gasteiger partial charge in [0.05, 0.1) is 0 Å². The van der Waals surface area contributed by atoms with E-state index in [1.54, 1.807) is 0 Å². The molecule has 1 aliphatic heterocycles. The summed E-state index contributed by atoms with van der Waals surface area (Å²) in [7, 11) is 0. The van der Waals surface area contributed by atoms with Gasteiger partial charge in [0.1, 0.15) is 11.9 Å². The van der Waals surface area contributed by atoms with E-state index in [1.807, 2.05) is 43.3 Å². The van der Waals surface area contributed by atoms with Crippen molar-refractivity contribution in [2.24, 2.45) is 5.73 Å². The summed E-state index contributed by atoms with van der Waals surface area (Å²) in [5.41, 5.74) is 9.47. The van der Waals surface area contributed by atoms with Gasteiger partial charge in [0.2, 0.25) is 0 Å². The third-order valence-corrected chi connectivity index (χ3v) is 4.03. The summed E-state index contributed by atoms with van der Waals surface area (Å²) in [5.74, 6) is 0.878. The Morgan fingerprint density at radius 3 is 2.79 bits per heavy atom. The Balaban J connectivity index is 1.94. The maximum atomic E-state index is 6.23. The molecule has 2 aromatic carbocycles. The molecule has 0 bridgehead atoms. The number of para-hydroxylation sites is 1. The van der Waals surface area contributed by atoms with Crippen LogP contribution in [0.1, 0.15) is 35.3 Å². The van der Waals surface area contributed by atoms with Gasteiger partial charge in [-0.2, -0.15) is 0 Å². The van der Waals surface area contributed by atoms with Gasteiger partial charge >= 0.3 is 0 Å². The van der Waals surface area contributed by atoms with Gasteiger partial charge in [-0.1, -0.05) is 41.9 Å². The second-order valence-electron chi connectivity index (χ2n) is 5.00. The van der Waals surface area contributed by atoms with Crippen LogP contribution in [0, 0.1) is 6.92 Å². The minimum Gasteiger partial charge on any atom is -0.485 e. The summed E-state index contributed by atoms with van der Waals surface area (Å²) in [6, 6.07) is 14.0. The van der Waals surface area contributed by atoms with Crippen LogP contribution in [-0.4, -0.2) is 0 Å². The molecule has 2 atom stereocenters. The highest BCUT2D eigenvalue weighted by molar-refractivity contribution is 6.31. The quantitative estimate of drug-likeness (QED) is 0.846. The zero-order valence-corrected chi connectivity index (χ0v) is 11.5. The number of fused-ring (bicyclic) bond motifs is 1. The number of benzene rings is 2. The highest BCUT2D eigenvalue weighted by Gasteiger charge is 2.26. The lowest BCUT2D eigenvalue weighted by Gasteiger charge is -2.30. The van der Waals surface area contributed by atoms with Gasteiger partial charge in [-0.3, -0.25) is 0 Å². The zero-order valence-electron chi connectivity index (χ0n) is 10.8. The molecule has 3 heteroatoms. The molecule has 2 nitrogen and oxygen atoms in total. The van der Waals surface area contributed by atoms with Crippen molar-refractivity contribution in [1.29, 1.82) is 0 Å². The van der Waals surface area contributed by atoms with Crippen molar-refractivity contribution >= 4 is 11.6 Å². The minimum atomic E-state index is -0.0250. The Labute approximate surface area is 118 Å². The van der Waals surface area contributed by atoms with Crippen LogP contribution in [0.4, 0.5) is 0 Å². The summed E-state index contributed by atoms with van der Waals surface area (Å²) in [6.07, 6.45) is 0.749. The van der Waals surface area contributed by atoms with Gasteiger partial charge < -0.3 is 10.5 Å². The molecule has 0 saturated heterocycles. The third-order valence-electron chi connectivity index (χ3n) is 3.62. The number of nitrogens with two attached hydrogens (primary N) is 1. The number of ether oxygens (including phenoxy) is 1. The minimum absolute atomic E-state index is 0.00929. The maximum Gasteiger partial charge on any atom is 0.126 e. The number of hydrogen-bond acceptors (Lipinski definition) is 2. The molecular weight excluding hydrogens is 258 g/mol. The van der Waals surface area contributed by atoms with Crippen molar-refractivity contribution < 1.29 is 4.74 Å². The lowest BCUT2D eigenvalue weighted by molar-refractivity contribution is 0.161. The van der Waals surface area contributed by atoms with E-state index in [4.69, 9.17) is 22.1 Å². The van der Waals surface area contributed by atoms with Gasteiger partial charge in [-0.05, 0) is 30.2 Å². The Bertz CT molecular complexity index is 611. The van der Waals surface area contributed by atoms with Crippen LogP contribution in [0.2, 0.25) is 5.02 Å². The molecule has 1 heterocycles. The zero-order chi connectivity index (χ0) is 13.4. The molecule has 0 saturated carbocycles. The van der Waals surface area contributed by atoms with Gasteiger partial charge in [-0.25, -0.2) is 0 Å². The van der Waals surface area contributed by atoms with Crippen LogP contribution in [-0.2, 0) is 0 Å². The molecule has 3 rings (SSSR count). The van der Waals surface area contributed by atoms with E-state index in [0.717, 1.165) is 33.9 Å². The van der Waals surface area contributed by atoms with E-state index in [1.165, 1.54) is 0 Å². The van der Waals surface area contributed by atoms with E-state index in [0.29, 0.717) is 0 Å². The predicted octanol–water partition coefficient (Wildman–Crippen LogP) is 4.17. The Kier molecular flexibility index (Phi) is 3.21. The first-order chi connectivity index (χ1) is 9.15. The average molecular weight is 274 g/mol. The first-order valence-corrected chi connectivity index (χ1v) is 6.80. The maximum absolute atomic E-state index is 6.23. The molecule has 0 amide bonds. The van der Waals surface area contributed by atoms with Gasteiger partial charge in [0.15, 0.2) is 0 Å². The molecule has 0 spiro atoms. The highest BCUT2D eigenvalue weighted by Crippen LogP contribution is 2.39. The fraction of sp³-hybridized carbons (Fsp3) is 0.250. The highest BCUT2D eigenvalue weighted by atomic mass is 35.5. The second-order valence-corrected chi connectivity index (χ2v) is 5.40. The fourth-order valence-corrected chi connectivity index (χ4v) is 2.66. The molecule has 98 valence electrons. The summed E-state index contributed by atoms with van der Waals surface area (Å²) >= 11 is 6.18. The van der Waals surface area contributed by atoms with E-state index in [-0.39, 0.29) is 12.1 Å². The van der Waals surface area contributed by atoms with Crippen molar-refractivity contribution in [1.82, 2.24) is 0 Å². The molecule has 2 aromatic rings. The fourth-order valence-electron chi connectivity index (χ4n) is 2.47. The van der Waals surface area contributed by atoms with Crippen LogP contribution < -0.4 is 10.5 Å². The first-order valence-electron chi connectivity index (χ1n) is 6.42. The third kappa shape index (κ3) is 2.34. The molecule has 0 fully saturated rings. The van der Waals surface area contributed by atoms with Crippen LogP contribution in [0.15, 0.2) is 42.5 Å². The molecule has 0 radical (unpaired) electrons. The predicted molar refractivity (Wildman–Crippen MR) is 77.5 cm³/mol. The lowest BCUT2D eigenvalue weighted by atomic mass is 9.93. The Morgan fingerprint density at radius 1 is 1.21 bits per heavy atom. The molecule has 0 aliphatic carbocycles. The van der Waals surface area contributed by atoms with E-state index in [2.05, 4.69) is 6.07 Å². The summed E-state index contributed by atoms with van der Waals surface area (Å²) in [4.78, 5) is 0. The SMILES string of the molecule is Cc1ccc(C2C[C@@H](N)c3ccccc3O2)cc1Cl. The van der Waals surface area contributed by atoms with Crippen molar-refractivity contribution in [3.63, 3.8) is 0 Å². The number of hydrogen-bond donors (Lipinski definition) is 1. The molecule has 2 N–H and O–H groups in total. The summed E-state index contributed by atoms with van der Waals surface area (Å²) < 4.78 is 6.04. The van der Waals surface area contributed by atoms with Crippen LogP contribution in [0.5, 0.6) is 5.75 Å². The first kappa shape index (κ1) is 12.5. The smallest absolute Gasteiger partial charge is 0.126 e. The molecule has 1 unspecified atom stereocenters. The lowest BCUT2D eigenvalue weighted by Crippen LogP contribution is -2.24. The topological polar surface area (TPSA) is 35.2 Å². The van der Waals surface area contributed by atoms with Gasteiger partial charge in [0, 0.05) is 23.0 Å². The van der Waals surface area contributed by atoms with Gasteiger partial charge in [0.25, 0.3) is 0 Å². The second kappa shape index (κ2) is 4.87. The monoisotopic (exact) mass is 273 g/mol. The van der Waals surface area contributed by atoms with Crippen molar-refractivity contribution in [2.75, 3.05) is 0 Å². The molecule has 19 heavy (non-hydrogen) atoms. The normalized spacial score (nSPS) is 21.6. The Hall–Kier alpha value is -1.51. The standard InChI is InChI=1S/C16H16ClNO/c1-10-6-7-11(8-13(10)17)16-9-14(18)12-4-2-3-5-15(12)19-16/h2-8,14,16H,9,18H2,1H3/t14-,16?/m1/s1. The Morgan fingerprint density at radius 2 is 2.00 bits per heavy atom. The summed E-state index contributed by atoms with van der Waals surface area (Å²) in [5, 5.41) is 0.772. The summed E-state index contributed by atoms with van der Waals surface area (Å²) in [6.45, 7) is 1.99. The van der Waals surface area contributed by atoms with Crippen molar-refractivity contribution in [3.05, 3.63) is 64.2 Å². The van der Waals surface area contributed by atoms with Crippen LogP contribution in [0.3, 0.4) is 0 Å². The van der Waals surface area contributed by atoms with Crippen molar-refractivity contribution in [2.45, 2.75) is 25.5 Å². The van der Waals surface area contributed by atoms with Crippen LogP contribution in [0.25, 0.3) is 0 Å². The van der Waals surface area contributed by atoms with Gasteiger partial charge in [-0.15, -0.1) is 0 Å². The van der Waals surface area contributed by atoms with Crippen molar-refractivity contribution in [3.8, 4) is 5.75 Å². The van der Waals surface area contributed by atoms with Crippen LogP contribution >= 0.6 is 11.6 Å². The number of rotatable bonds is 1. The largest absolute Gasteiger partial charge is 0.485 e.